The lowest BCUT2D eigenvalue weighted by Gasteiger charge is -2.25. The summed E-state index contributed by atoms with van der Waals surface area (Å²) < 4.78 is 3.45. The molecule has 0 saturated carbocycles. The zero-order chi connectivity index (χ0) is 9.12. The summed E-state index contributed by atoms with van der Waals surface area (Å²) in [5.74, 6) is 0. The summed E-state index contributed by atoms with van der Waals surface area (Å²) in [5.41, 5.74) is 0. The number of rotatable bonds is 4. The van der Waals surface area contributed by atoms with Crippen LogP contribution >= 0.6 is 87.2 Å². The maximum atomic E-state index is 6.15. The Kier molecular flexibility index (Phi) is 7.83. The van der Waals surface area contributed by atoms with Gasteiger partial charge in [0.2, 0.25) is 0 Å². The summed E-state index contributed by atoms with van der Waals surface area (Å²) in [7, 11) is 0. The second-order valence-corrected chi connectivity index (χ2v) is 40.2. The van der Waals surface area contributed by atoms with Crippen LogP contribution in [-0.4, -0.2) is 6.62 Å². The largest absolute Gasteiger partial charge is 0.426 e. The summed E-state index contributed by atoms with van der Waals surface area (Å²) in [6.07, 6.45) is 0. The van der Waals surface area contributed by atoms with Gasteiger partial charge in [0, 0.05) is 0 Å². The first-order valence-corrected chi connectivity index (χ1v) is 20.0. The first kappa shape index (κ1) is 14.3. The minimum Gasteiger partial charge on any atom is -0.426 e. The standard InChI is InChI=1S/C4H10I4OSi2/c1-3-10(5,6)9-11(7,8)4-2/h3-4H2,1-2H3. The van der Waals surface area contributed by atoms with Crippen molar-refractivity contribution in [2.24, 2.45) is 0 Å². The Hall–Kier alpha value is 3.31. The molecule has 7 heteroatoms. The number of hydrogen-bond donors (Lipinski definition) is 0. The van der Waals surface area contributed by atoms with Crippen LogP contribution in [0.3, 0.4) is 0 Å². The summed E-state index contributed by atoms with van der Waals surface area (Å²) in [5, 5.41) is 0. The Balaban J connectivity index is 4.02. The minimum absolute atomic E-state index is 1.20. The van der Waals surface area contributed by atoms with Crippen molar-refractivity contribution in [1.29, 1.82) is 0 Å². The van der Waals surface area contributed by atoms with Gasteiger partial charge in [0.05, 0.1) is 0 Å². The van der Waals surface area contributed by atoms with Gasteiger partial charge in [0.15, 0.2) is 0 Å². The predicted octanol–water partition coefficient (Wildman–Crippen LogP) is 4.66. The van der Waals surface area contributed by atoms with Gasteiger partial charge in [0.25, 0.3) is 0 Å². The van der Waals surface area contributed by atoms with Gasteiger partial charge >= 0.3 is 6.62 Å². The van der Waals surface area contributed by atoms with Gasteiger partial charge in [-0.1, -0.05) is 101 Å². The smallest absolute Gasteiger partial charge is 0.316 e. The minimum atomic E-state index is -1.35. The molecule has 0 unspecified atom stereocenters. The lowest BCUT2D eigenvalue weighted by atomic mass is 11.0. The average molecular weight is 638 g/mol. The van der Waals surface area contributed by atoms with Crippen LogP contribution in [0.25, 0.3) is 0 Å². The van der Waals surface area contributed by atoms with E-state index in [0.29, 0.717) is 0 Å². The van der Waals surface area contributed by atoms with E-state index < -0.39 is 6.62 Å². The summed E-state index contributed by atoms with van der Waals surface area (Å²) in [6.45, 7) is 4.44. The van der Waals surface area contributed by atoms with E-state index in [4.69, 9.17) is 4.12 Å². The molecule has 0 aromatic rings. The molecule has 0 saturated heterocycles. The molecule has 0 aromatic carbocycles. The van der Waals surface area contributed by atoms with Crippen LogP contribution in [0.4, 0.5) is 0 Å². The van der Waals surface area contributed by atoms with E-state index in [0.717, 1.165) is 0 Å². The average Bonchev–Trinajstić information content (AvgIpc) is 1.86. The summed E-state index contributed by atoms with van der Waals surface area (Å²) in [6, 6.07) is 2.41. The topological polar surface area (TPSA) is 9.23 Å². The third-order valence-electron chi connectivity index (χ3n) is 1.12. The van der Waals surface area contributed by atoms with E-state index >= 15 is 0 Å². The Morgan fingerprint density at radius 2 is 1.18 bits per heavy atom. The normalized spacial score (nSPS) is 13.6. The van der Waals surface area contributed by atoms with E-state index in [9.17, 15) is 0 Å². The number of halogens is 4. The quantitative estimate of drug-likeness (QED) is 0.248. The van der Waals surface area contributed by atoms with Gasteiger partial charge in [-0.15, -0.1) is 0 Å². The van der Waals surface area contributed by atoms with E-state index in [1.54, 1.807) is 0 Å². The van der Waals surface area contributed by atoms with Crippen LogP contribution in [0.1, 0.15) is 13.8 Å². The molecule has 0 spiro atoms. The fourth-order valence-electron chi connectivity index (χ4n) is 0.363. The Labute approximate surface area is 121 Å². The van der Waals surface area contributed by atoms with Crippen molar-refractivity contribution in [3.05, 3.63) is 0 Å². The Morgan fingerprint density at radius 1 is 0.909 bits per heavy atom. The molecular weight excluding hydrogens is 628 g/mol. The van der Waals surface area contributed by atoms with Crippen LogP contribution in [0.15, 0.2) is 0 Å². The fourth-order valence-corrected chi connectivity index (χ4v) is 32.0. The van der Waals surface area contributed by atoms with Crippen LogP contribution in [0, 0.1) is 0 Å². The molecule has 0 amide bonds. The van der Waals surface area contributed by atoms with E-state index in [-0.39, 0.29) is 0 Å². The molecular formula is C4H10I4OSi2. The van der Waals surface area contributed by atoms with Gasteiger partial charge < -0.3 is 4.12 Å². The molecule has 11 heavy (non-hydrogen) atoms. The first-order valence-electron chi connectivity index (χ1n) is 3.29. The van der Waals surface area contributed by atoms with E-state index in [1.165, 1.54) is 12.1 Å². The molecule has 1 nitrogen and oxygen atoms in total. The molecule has 0 atom stereocenters. The maximum Gasteiger partial charge on any atom is 0.316 e. The van der Waals surface area contributed by atoms with Crippen LogP contribution < -0.4 is 0 Å². The van der Waals surface area contributed by atoms with Crippen molar-refractivity contribution in [2.45, 2.75) is 25.9 Å². The van der Waals surface area contributed by atoms with Crippen LogP contribution in [0.5, 0.6) is 0 Å². The molecule has 0 aromatic heterocycles. The highest BCUT2D eigenvalue weighted by molar-refractivity contribution is 14.3. The predicted molar refractivity (Wildman–Crippen MR) is 89.6 cm³/mol. The SMILES string of the molecule is CC[Si](I)(I)O[Si](I)(I)CC. The maximum absolute atomic E-state index is 6.15. The lowest BCUT2D eigenvalue weighted by Crippen LogP contribution is -2.34. The molecule has 0 bridgehead atoms. The zero-order valence-corrected chi connectivity index (χ0v) is 17.0. The molecule has 0 radical (unpaired) electrons. The van der Waals surface area contributed by atoms with Gasteiger partial charge in [0.1, 0.15) is 0 Å². The molecule has 0 aliphatic rings. The van der Waals surface area contributed by atoms with Crippen LogP contribution in [-0.2, 0) is 4.12 Å². The molecule has 0 N–H and O–H groups in total. The van der Waals surface area contributed by atoms with Crippen molar-refractivity contribution in [3.8, 4) is 0 Å². The molecule has 0 heterocycles. The van der Waals surface area contributed by atoms with Gasteiger partial charge in [-0.2, -0.15) is 0 Å². The van der Waals surface area contributed by atoms with E-state index in [2.05, 4.69) is 101 Å². The zero-order valence-electron chi connectivity index (χ0n) is 6.33. The first-order chi connectivity index (χ1) is 4.83. The lowest BCUT2D eigenvalue weighted by molar-refractivity contribution is 0.624. The summed E-state index contributed by atoms with van der Waals surface area (Å²) >= 11 is 10.1. The molecule has 0 aliphatic carbocycles. The van der Waals surface area contributed by atoms with Crippen LogP contribution in [0.2, 0.25) is 12.1 Å². The molecule has 0 fully saturated rings. The highest BCUT2D eigenvalue weighted by atomic mass is 127. The van der Waals surface area contributed by atoms with Crippen molar-refractivity contribution >= 4 is 93.8 Å². The van der Waals surface area contributed by atoms with Crippen molar-refractivity contribution in [3.63, 3.8) is 0 Å². The summed E-state index contributed by atoms with van der Waals surface area (Å²) in [4.78, 5) is 0. The number of hydrogen-bond acceptors (Lipinski definition) is 1. The monoisotopic (exact) mass is 638 g/mol. The highest BCUT2D eigenvalue weighted by Crippen LogP contribution is 2.38. The highest BCUT2D eigenvalue weighted by Gasteiger charge is 2.37. The third kappa shape index (κ3) is 7.27. The molecule has 0 aliphatic heterocycles. The second-order valence-electron chi connectivity index (χ2n) is 2.08. The third-order valence-corrected chi connectivity index (χ3v) is 22.2. The van der Waals surface area contributed by atoms with Crippen molar-refractivity contribution in [2.75, 3.05) is 0 Å². The molecule has 0 rings (SSSR count). The Morgan fingerprint density at radius 3 is 1.36 bits per heavy atom. The fraction of sp³-hybridized carbons (Fsp3) is 1.00. The van der Waals surface area contributed by atoms with Crippen molar-refractivity contribution < 1.29 is 4.12 Å². The van der Waals surface area contributed by atoms with E-state index in [1.807, 2.05) is 0 Å². The van der Waals surface area contributed by atoms with Crippen molar-refractivity contribution in [1.82, 2.24) is 0 Å². The van der Waals surface area contributed by atoms with Gasteiger partial charge in [-0.25, -0.2) is 0 Å². The van der Waals surface area contributed by atoms with Gasteiger partial charge in [-0.3, -0.25) is 0 Å². The molecule has 68 valence electrons. The Bertz CT molecular complexity index is 115. The van der Waals surface area contributed by atoms with Gasteiger partial charge in [-0.05, 0) is 12.1 Å². The second kappa shape index (κ2) is 6.02.